The first-order chi connectivity index (χ1) is 20.7. The zero-order chi connectivity index (χ0) is 30.9. The summed E-state index contributed by atoms with van der Waals surface area (Å²) in [5, 5.41) is 28.5. The van der Waals surface area contributed by atoms with Crippen LogP contribution in [-0.4, -0.2) is 55.3 Å². The van der Waals surface area contributed by atoms with Crippen LogP contribution >= 0.6 is 0 Å². The third-order valence-electron chi connectivity index (χ3n) is 8.44. The molecule has 1 aliphatic rings. The van der Waals surface area contributed by atoms with Crippen LogP contribution in [0.4, 0.5) is 5.69 Å². The molecule has 226 valence electrons. The fourth-order valence-corrected chi connectivity index (χ4v) is 5.87. The van der Waals surface area contributed by atoms with E-state index >= 15 is 0 Å². The monoisotopic (exact) mass is 582 g/mol. The summed E-state index contributed by atoms with van der Waals surface area (Å²) in [6.45, 7) is 10.8. The van der Waals surface area contributed by atoms with Crippen LogP contribution in [0.1, 0.15) is 71.4 Å². The van der Waals surface area contributed by atoms with E-state index < -0.39 is 0 Å². The zero-order valence-corrected chi connectivity index (χ0v) is 25.8. The minimum atomic E-state index is -0.197. The third-order valence-corrected chi connectivity index (χ3v) is 8.44. The van der Waals surface area contributed by atoms with Gasteiger partial charge in [-0.15, -0.1) is 0 Å². The smallest absolute Gasteiger partial charge is 0.257 e. The van der Waals surface area contributed by atoms with Crippen LogP contribution in [0.5, 0.6) is 0 Å². The molecule has 0 bridgehead atoms. The van der Waals surface area contributed by atoms with E-state index in [0.29, 0.717) is 42.0 Å². The molecule has 1 aliphatic heterocycles. The molecule has 0 aliphatic carbocycles. The summed E-state index contributed by atoms with van der Waals surface area (Å²) < 4.78 is 0.739. The van der Waals surface area contributed by atoms with Gasteiger partial charge >= 0.3 is 0 Å². The second-order valence-electron chi connectivity index (χ2n) is 11.3. The number of oxime groups is 1. The maximum absolute atomic E-state index is 12.8. The number of benzene rings is 2. The van der Waals surface area contributed by atoms with Crippen molar-refractivity contribution in [2.24, 2.45) is 5.16 Å². The van der Waals surface area contributed by atoms with E-state index in [1.807, 2.05) is 32.0 Å². The molecule has 1 amide bonds. The van der Waals surface area contributed by atoms with E-state index in [1.165, 1.54) is 6.20 Å². The summed E-state index contributed by atoms with van der Waals surface area (Å²) >= 11 is 0. The number of nitrogens with zero attached hydrogens (tertiary/aromatic N) is 5. The number of likely N-dealkylation sites (tertiary alicyclic amines) is 1. The van der Waals surface area contributed by atoms with Crippen molar-refractivity contribution in [2.45, 2.75) is 65.6 Å². The van der Waals surface area contributed by atoms with Gasteiger partial charge in [-0.25, -0.2) is 0 Å². The summed E-state index contributed by atoms with van der Waals surface area (Å²) in [5.41, 5.74) is 6.43. The van der Waals surface area contributed by atoms with Crippen LogP contribution in [0.2, 0.25) is 0 Å². The Morgan fingerprint density at radius 3 is 2.60 bits per heavy atom. The topological polar surface area (TPSA) is 108 Å². The maximum atomic E-state index is 12.8. The highest BCUT2D eigenvalue weighted by Crippen LogP contribution is 2.28. The minimum Gasteiger partial charge on any atom is -0.618 e. The van der Waals surface area contributed by atoms with Gasteiger partial charge in [-0.1, -0.05) is 29.4 Å². The van der Waals surface area contributed by atoms with Crippen molar-refractivity contribution in [2.75, 3.05) is 31.6 Å². The number of amides is 1. The van der Waals surface area contributed by atoms with E-state index in [0.717, 1.165) is 65.2 Å². The first-order valence-electron chi connectivity index (χ1n) is 14.9. The molecule has 1 fully saturated rings. The molecule has 1 saturated heterocycles. The molecule has 1 aromatic heterocycles. The Labute approximate surface area is 255 Å². The molecule has 1 N–H and O–H groups in total. The Morgan fingerprint density at radius 2 is 1.93 bits per heavy atom. The summed E-state index contributed by atoms with van der Waals surface area (Å²) in [6, 6.07) is 20.9. The predicted molar refractivity (Wildman–Crippen MR) is 169 cm³/mol. The second-order valence-corrected chi connectivity index (χ2v) is 11.3. The fraction of sp³-hybridized carbons (Fsp3) is 0.412. The normalized spacial score (nSPS) is 15.0. The van der Waals surface area contributed by atoms with E-state index in [9.17, 15) is 15.3 Å². The van der Waals surface area contributed by atoms with Crippen molar-refractivity contribution >= 4 is 17.3 Å². The standard InChI is InChI=1S/C34H42N6O3/c1-24-14-20-40(42)27(4)33(24)34(41)36-17-13-25(2)38-18-15-32(16-19-38)39(23-29-8-6-7-28(21-29)22-35)31-11-9-30(10-12-31)26(3)37-43-5/h6-12,14,20-21,25,32H,13,15-19,23H2,1-5H3,(H,36,41)/b37-26+. The number of piperidine rings is 1. The van der Waals surface area contributed by atoms with Crippen LogP contribution < -0.4 is 14.9 Å². The van der Waals surface area contributed by atoms with E-state index in [-0.39, 0.29) is 5.91 Å². The number of pyridine rings is 1. The van der Waals surface area contributed by atoms with Crippen molar-refractivity contribution < 1.29 is 14.4 Å². The highest BCUT2D eigenvalue weighted by molar-refractivity contribution is 5.98. The maximum Gasteiger partial charge on any atom is 0.257 e. The first-order valence-corrected chi connectivity index (χ1v) is 14.9. The van der Waals surface area contributed by atoms with Crippen LogP contribution in [0.25, 0.3) is 0 Å². The van der Waals surface area contributed by atoms with Crippen molar-refractivity contribution in [1.29, 1.82) is 5.26 Å². The van der Waals surface area contributed by atoms with Gasteiger partial charge < -0.3 is 25.2 Å². The largest absolute Gasteiger partial charge is 0.618 e. The lowest BCUT2D eigenvalue weighted by Gasteiger charge is -2.42. The molecule has 1 unspecified atom stereocenters. The summed E-state index contributed by atoms with van der Waals surface area (Å²) in [5.74, 6) is -0.197. The lowest BCUT2D eigenvalue weighted by Crippen LogP contribution is -2.48. The van der Waals surface area contributed by atoms with Gasteiger partial charge in [0.05, 0.1) is 17.3 Å². The Bertz CT molecular complexity index is 1470. The number of carbonyl (C=O) groups excluding carboxylic acids is 1. The van der Waals surface area contributed by atoms with Gasteiger partial charge in [-0.05, 0) is 81.0 Å². The number of rotatable bonds is 11. The second kappa shape index (κ2) is 14.7. The highest BCUT2D eigenvalue weighted by Gasteiger charge is 2.28. The number of nitriles is 1. The molecule has 43 heavy (non-hydrogen) atoms. The number of anilines is 1. The van der Waals surface area contributed by atoms with Gasteiger partial charge in [0.15, 0.2) is 6.20 Å². The molecule has 0 saturated carbocycles. The van der Waals surface area contributed by atoms with Gasteiger partial charge in [-0.3, -0.25) is 4.79 Å². The number of hydrogen-bond acceptors (Lipinski definition) is 7. The van der Waals surface area contributed by atoms with Crippen molar-refractivity contribution in [3.8, 4) is 6.07 Å². The van der Waals surface area contributed by atoms with Crippen molar-refractivity contribution in [3.05, 3.63) is 99.5 Å². The molecular weight excluding hydrogens is 540 g/mol. The molecule has 3 aromatic rings. The quantitative estimate of drug-likeness (QED) is 0.150. The number of hydrogen-bond donors (Lipinski definition) is 1. The lowest BCUT2D eigenvalue weighted by atomic mass is 9.98. The molecule has 9 nitrogen and oxygen atoms in total. The SMILES string of the molecule is CO/N=C(\C)c1ccc(N(Cc2cccc(C#N)c2)C2CCN(C(C)CCNC(=O)c3c(C)cc[n+]([O-])c3C)CC2)cc1. The Balaban J connectivity index is 1.39. The van der Waals surface area contributed by atoms with Gasteiger partial charge in [0.2, 0.25) is 5.69 Å². The fourth-order valence-electron chi connectivity index (χ4n) is 5.87. The van der Waals surface area contributed by atoms with E-state index in [4.69, 9.17) is 4.84 Å². The van der Waals surface area contributed by atoms with Crippen LogP contribution in [-0.2, 0) is 11.4 Å². The van der Waals surface area contributed by atoms with Crippen molar-refractivity contribution in [3.63, 3.8) is 0 Å². The van der Waals surface area contributed by atoms with Crippen LogP contribution in [0, 0.1) is 30.4 Å². The highest BCUT2D eigenvalue weighted by atomic mass is 16.6. The Kier molecular flexibility index (Phi) is 10.7. The molecular formula is C34H42N6O3. The molecule has 0 radical (unpaired) electrons. The van der Waals surface area contributed by atoms with Gasteiger partial charge in [0, 0.05) is 56.9 Å². The predicted octanol–water partition coefficient (Wildman–Crippen LogP) is 4.86. The lowest BCUT2D eigenvalue weighted by molar-refractivity contribution is -0.612. The number of aromatic nitrogens is 1. The van der Waals surface area contributed by atoms with E-state index in [2.05, 4.69) is 63.6 Å². The number of aryl methyl sites for hydroxylation is 1. The van der Waals surface area contributed by atoms with E-state index in [1.54, 1.807) is 20.1 Å². The molecule has 9 heteroatoms. The molecule has 1 atom stereocenters. The Hall–Kier alpha value is -4.42. The Morgan fingerprint density at radius 1 is 1.21 bits per heavy atom. The summed E-state index contributed by atoms with van der Waals surface area (Å²) in [7, 11) is 1.55. The average molecular weight is 583 g/mol. The first kappa shape index (κ1) is 31.5. The van der Waals surface area contributed by atoms with Crippen molar-refractivity contribution in [1.82, 2.24) is 10.2 Å². The molecule has 2 heterocycles. The van der Waals surface area contributed by atoms with Gasteiger partial charge in [-0.2, -0.15) is 9.99 Å². The number of nitrogens with one attached hydrogen (secondary N) is 1. The van der Waals surface area contributed by atoms with Gasteiger partial charge in [0.1, 0.15) is 12.7 Å². The number of carbonyl (C=O) groups is 1. The summed E-state index contributed by atoms with van der Waals surface area (Å²) in [4.78, 5) is 22.7. The molecule has 2 aromatic carbocycles. The van der Waals surface area contributed by atoms with Gasteiger partial charge in [0.25, 0.3) is 5.91 Å². The minimum absolute atomic E-state index is 0.197. The average Bonchev–Trinajstić information content (AvgIpc) is 3.02. The molecule has 4 rings (SSSR count). The van der Waals surface area contributed by atoms with Crippen LogP contribution in [0.3, 0.4) is 0 Å². The van der Waals surface area contributed by atoms with Crippen LogP contribution in [0.15, 0.2) is 65.9 Å². The zero-order valence-electron chi connectivity index (χ0n) is 25.8. The summed E-state index contributed by atoms with van der Waals surface area (Å²) in [6.07, 6.45) is 4.28. The third kappa shape index (κ3) is 7.90. The molecule has 0 spiro atoms.